The Hall–Kier alpha value is -2.59. The fraction of sp³-hybridized carbons (Fsp3) is 0.571. The number of halogens is 2. The van der Waals surface area contributed by atoms with Crippen molar-refractivity contribution in [2.45, 2.75) is 32.4 Å². The van der Waals surface area contributed by atoms with Crippen LogP contribution >= 0.6 is 0 Å². The SMILES string of the molecule is O=C(CN1CCN(Cc2nc(-c3ccccc3OC(F)F)no2)CC1)N1CCCCC1. The van der Waals surface area contributed by atoms with Crippen molar-refractivity contribution < 1.29 is 22.8 Å². The van der Waals surface area contributed by atoms with Gasteiger partial charge in [0, 0.05) is 39.3 Å². The van der Waals surface area contributed by atoms with E-state index >= 15 is 0 Å². The van der Waals surface area contributed by atoms with E-state index in [9.17, 15) is 13.6 Å². The van der Waals surface area contributed by atoms with Gasteiger partial charge >= 0.3 is 6.61 Å². The van der Waals surface area contributed by atoms with E-state index in [2.05, 4.69) is 24.7 Å². The van der Waals surface area contributed by atoms with E-state index in [-0.39, 0.29) is 17.5 Å². The van der Waals surface area contributed by atoms with Gasteiger partial charge in [0.15, 0.2) is 0 Å². The van der Waals surface area contributed by atoms with Gasteiger partial charge in [-0.15, -0.1) is 0 Å². The molecule has 1 amide bonds. The molecule has 4 rings (SSSR count). The number of para-hydroxylation sites is 1. The normalized spacial score (nSPS) is 18.5. The molecule has 0 spiro atoms. The number of ether oxygens (including phenoxy) is 1. The van der Waals surface area contributed by atoms with Crippen molar-refractivity contribution >= 4 is 5.91 Å². The average molecular weight is 435 g/mol. The van der Waals surface area contributed by atoms with Gasteiger partial charge in [-0.25, -0.2) is 0 Å². The van der Waals surface area contributed by atoms with Crippen LogP contribution < -0.4 is 4.74 Å². The van der Waals surface area contributed by atoms with E-state index in [4.69, 9.17) is 4.52 Å². The molecule has 0 N–H and O–H groups in total. The Morgan fingerprint density at radius 1 is 1.03 bits per heavy atom. The number of piperazine rings is 1. The van der Waals surface area contributed by atoms with Gasteiger partial charge in [-0.1, -0.05) is 17.3 Å². The molecule has 0 atom stereocenters. The van der Waals surface area contributed by atoms with Crippen molar-refractivity contribution in [2.24, 2.45) is 0 Å². The van der Waals surface area contributed by atoms with Gasteiger partial charge in [-0.3, -0.25) is 14.6 Å². The van der Waals surface area contributed by atoms with Crippen LogP contribution in [0, 0.1) is 0 Å². The molecule has 2 aromatic rings. The lowest BCUT2D eigenvalue weighted by Gasteiger charge is -2.35. The Morgan fingerprint density at radius 3 is 2.48 bits per heavy atom. The first-order valence-corrected chi connectivity index (χ1v) is 10.7. The highest BCUT2D eigenvalue weighted by Gasteiger charge is 2.24. The van der Waals surface area contributed by atoms with E-state index in [0.29, 0.717) is 24.5 Å². The van der Waals surface area contributed by atoms with Crippen molar-refractivity contribution in [1.29, 1.82) is 0 Å². The van der Waals surface area contributed by atoms with E-state index in [0.717, 1.165) is 52.1 Å². The molecule has 168 valence electrons. The lowest BCUT2D eigenvalue weighted by molar-refractivity contribution is -0.133. The lowest BCUT2D eigenvalue weighted by atomic mass is 10.1. The molecule has 2 aliphatic heterocycles. The Labute approximate surface area is 179 Å². The number of carbonyl (C=O) groups excluding carboxylic acids is 1. The number of hydrogen-bond acceptors (Lipinski definition) is 7. The fourth-order valence-electron chi connectivity index (χ4n) is 4.01. The number of carbonyl (C=O) groups is 1. The molecule has 1 aromatic heterocycles. The average Bonchev–Trinajstić information content (AvgIpc) is 3.24. The number of likely N-dealkylation sites (tertiary alicyclic amines) is 1. The highest BCUT2D eigenvalue weighted by atomic mass is 19.3. The van der Waals surface area contributed by atoms with Crippen LogP contribution in [-0.2, 0) is 11.3 Å². The minimum atomic E-state index is -2.93. The van der Waals surface area contributed by atoms with Gasteiger partial charge < -0.3 is 14.2 Å². The maximum atomic E-state index is 12.6. The maximum absolute atomic E-state index is 12.6. The summed E-state index contributed by atoms with van der Waals surface area (Å²) in [5, 5.41) is 3.93. The molecule has 10 heteroatoms. The van der Waals surface area contributed by atoms with Gasteiger partial charge in [0.1, 0.15) is 5.75 Å². The van der Waals surface area contributed by atoms with E-state index in [1.165, 1.54) is 12.5 Å². The molecule has 0 radical (unpaired) electrons. The number of rotatable bonds is 7. The van der Waals surface area contributed by atoms with E-state index in [1.54, 1.807) is 18.2 Å². The van der Waals surface area contributed by atoms with Crippen LogP contribution in [0.5, 0.6) is 5.75 Å². The third-order valence-electron chi connectivity index (χ3n) is 5.70. The van der Waals surface area contributed by atoms with Crippen molar-refractivity contribution in [1.82, 2.24) is 24.8 Å². The van der Waals surface area contributed by atoms with Crippen LogP contribution in [0.25, 0.3) is 11.4 Å². The largest absolute Gasteiger partial charge is 0.434 e. The summed E-state index contributed by atoms with van der Waals surface area (Å²) in [6.45, 7) is 2.94. The first-order chi connectivity index (χ1) is 15.1. The first-order valence-electron chi connectivity index (χ1n) is 10.7. The van der Waals surface area contributed by atoms with Gasteiger partial charge in [-0.2, -0.15) is 13.8 Å². The second kappa shape index (κ2) is 10.1. The Bertz CT molecular complexity index is 864. The molecule has 2 aliphatic rings. The third-order valence-corrected chi connectivity index (χ3v) is 5.70. The lowest BCUT2D eigenvalue weighted by Crippen LogP contribution is -2.50. The van der Waals surface area contributed by atoms with Gasteiger partial charge in [0.2, 0.25) is 17.6 Å². The molecular weight excluding hydrogens is 408 g/mol. The quantitative estimate of drug-likeness (QED) is 0.661. The summed E-state index contributed by atoms with van der Waals surface area (Å²) < 4.78 is 35.1. The molecule has 2 saturated heterocycles. The molecule has 3 heterocycles. The number of aromatic nitrogens is 2. The molecule has 0 saturated carbocycles. The number of nitrogens with zero attached hydrogens (tertiary/aromatic N) is 5. The standard InChI is InChI=1S/C21H27F2N5O3/c22-21(23)30-17-7-3-2-6-16(17)20-24-18(31-25-20)14-26-10-12-27(13-11-26)15-19(29)28-8-4-1-5-9-28/h2-3,6-7,21H,1,4-5,8-15H2. The highest BCUT2D eigenvalue weighted by molar-refractivity contribution is 5.78. The molecule has 31 heavy (non-hydrogen) atoms. The zero-order chi connectivity index (χ0) is 21.6. The molecule has 0 unspecified atom stereocenters. The van der Waals surface area contributed by atoms with Gasteiger partial charge in [-0.05, 0) is 31.4 Å². The summed E-state index contributed by atoms with van der Waals surface area (Å²) in [5.74, 6) is 0.868. The molecule has 1 aromatic carbocycles. The predicted molar refractivity (Wildman–Crippen MR) is 109 cm³/mol. The summed E-state index contributed by atoms with van der Waals surface area (Å²) in [6.07, 6.45) is 3.42. The van der Waals surface area contributed by atoms with Crippen LogP contribution in [0.3, 0.4) is 0 Å². The number of hydrogen-bond donors (Lipinski definition) is 0. The first kappa shape index (κ1) is 21.6. The van der Waals surface area contributed by atoms with E-state index < -0.39 is 6.61 Å². The summed E-state index contributed by atoms with van der Waals surface area (Å²) in [6, 6.07) is 6.37. The minimum Gasteiger partial charge on any atom is -0.434 e. The van der Waals surface area contributed by atoms with Crippen LogP contribution in [0.4, 0.5) is 8.78 Å². The fourth-order valence-corrected chi connectivity index (χ4v) is 4.01. The maximum Gasteiger partial charge on any atom is 0.387 e. The second-order valence-electron chi connectivity index (χ2n) is 7.88. The van der Waals surface area contributed by atoms with Gasteiger partial charge in [0.25, 0.3) is 0 Å². The van der Waals surface area contributed by atoms with Crippen molar-refractivity contribution in [3.05, 3.63) is 30.2 Å². The molecule has 0 bridgehead atoms. The predicted octanol–water partition coefficient (Wildman–Crippen LogP) is 2.47. The third kappa shape index (κ3) is 5.76. The van der Waals surface area contributed by atoms with Crippen molar-refractivity contribution in [3.8, 4) is 17.1 Å². The highest BCUT2D eigenvalue weighted by Crippen LogP contribution is 2.29. The van der Waals surface area contributed by atoms with Crippen LogP contribution in [0.1, 0.15) is 25.2 Å². The minimum absolute atomic E-state index is 0.0110. The Kier molecular flexibility index (Phi) is 7.08. The van der Waals surface area contributed by atoms with Crippen LogP contribution in [-0.4, -0.2) is 83.2 Å². The summed E-state index contributed by atoms with van der Waals surface area (Å²) in [4.78, 5) is 23.1. The number of amides is 1. The van der Waals surface area contributed by atoms with Gasteiger partial charge in [0.05, 0.1) is 18.7 Å². The Balaban J connectivity index is 1.28. The molecular formula is C21H27F2N5O3. The van der Waals surface area contributed by atoms with E-state index in [1.807, 2.05) is 4.90 Å². The number of benzene rings is 1. The summed E-state index contributed by atoms with van der Waals surface area (Å²) in [7, 11) is 0. The topological polar surface area (TPSA) is 74.9 Å². The van der Waals surface area contributed by atoms with Crippen LogP contribution in [0.2, 0.25) is 0 Å². The molecule has 2 fully saturated rings. The van der Waals surface area contributed by atoms with Crippen molar-refractivity contribution in [2.75, 3.05) is 45.8 Å². The number of alkyl halides is 2. The monoisotopic (exact) mass is 435 g/mol. The second-order valence-corrected chi connectivity index (χ2v) is 7.88. The van der Waals surface area contributed by atoms with Crippen molar-refractivity contribution in [3.63, 3.8) is 0 Å². The molecule has 0 aliphatic carbocycles. The van der Waals surface area contributed by atoms with Crippen LogP contribution in [0.15, 0.2) is 28.8 Å². The molecule has 8 nitrogen and oxygen atoms in total. The summed E-state index contributed by atoms with van der Waals surface area (Å²) in [5.41, 5.74) is 0.360. The zero-order valence-corrected chi connectivity index (χ0v) is 17.4. The zero-order valence-electron chi connectivity index (χ0n) is 17.4. The Morgan fingerprint density at radius 2 is 1.74 bits per heavy atom. The smallest absolute Gasteiger partial charge is 0.387 e. The summed E-state index contributed by atoms with van der Waals surface area (Å²) >= 11 is 0. The number of piperidine rings is 1.